The minimum atomic E-state index is -0.398. The Morgan fingerprint density at radius 3 is 2.94 bits per heavy atom. The average molecular weight is 263 g/mol. The number of rotatable bonds is 4. The van der Waals surface area contributed by atoms with Gasteiger partial charge in [-0.3, -0.25) is 4.79 Å². The Hall–Kier alpha value is -1.68. The summed E-state index contributed by atoms with van der Waals surface area (Å²) in [6.07, 6.45) is 1.06. The van der Waals surface area contributed by atoms with Gasteiger partial charge in [0.15, 0.2) is 0 Å². The summed E-state index contributed by atoms with van der Waals surface area (Å²) in [4.78, 5) is 12.9. The van der Waals surface area contributed by atoms with Crippen LogP contribution in [-0.4, -0.2) is 5.91 Å². The van der Waals surface area contributed by atoms with Gasteiger partial charge in [-0.25, -0.2) is 4.39 Å². The van der Waals surface area contributed by atoms with Crippen LogP contribution < -0.4 is 5.32 Å². The molecule has 0 radical (unpaired) electrons. The van der Waals surface area contributed by atoms with E-state index in [0.29, 0.717) is 12.8 Å². The number of carbonyl (C=O) groups excluding carboxylic acids is 1. The summed E-state index contributed by atoms with van der Waals surface area (Å²) < 4.78 is 13.4. The van der Waals surface area contributed by atoms with Gasteiger partial charge in [-0.1, -0.05) is 12.1 Å². The number of benzene rings is 1. The average Bonchev–Trinajstić information content (AvgIpc) is 2.84. The van der Waals surface area contributed by atoms with E-state index in [0.717, 1.165) is 10.4 Å². The highest BCUT2D eigenvalue weighted by atomic mass is 32.1. The molecule has 4 heteroatoms. The van der Waals surface area contributed by atoms with Crippen molar-refractivity contribution in [3.63, 3.8) is 0 Å². The topological polar surface area (TPSA) is 29.1 Å². The molecule has 2 aromatic rings. The van der Waals surface area contributed by atoms with Crippen LogP contribution in [0.15, 0.2) is 35.7 Å². The highest BCUT2D eigenvalue weighted by Gasteiger charge is 2.07. The van der Waals surface area contributed by atoms with Gasteiger partial charge in [0.1, 0.15) is 5.82 Å². The summed E-state index contributed by atoms with van der Waals surface area (Å²) in [7, 11) is 0. The third-order valence-corrected chi connectivity index (χ3v) is 3.51. The van der Waals surface area contributed by atoms with Gasteiger partial charge in [0.05, 0.1) is 5.69 Å². The van der Waals surface area contributed by atoms with Crippen LogP contribution in [0.1, 0.15) is 16.9 Å². The summed E-state index contributed by atoms with van der Waals surface area (Å²) in [6, 6.07) is 8.63. The van der Waals surface area contributed by atoms with Crippen LogP contribution in [0, 0.1) is 12.7 Å². The summed E-state index contributed by atoms with van der Waals surface area (Å²) in [5, 5.41) is 4.58. The first-order valence-electron chi connectivity index (χ1n) is 5.73. The number of hydrogen-bond donors (Lipinski definition) is 1. The number of aryl methyl sites for hydroxylation is 2. The Morgan fingerprint density at radius 1 is 1.39 bits per heavy atom. The highest BCUT2D eigenvalue weighted by molar-refractivity contribution is 7.09. The number of hydrogen-bond acceptors (Lipinski definition) is 2. The monoisotopic (exact) mass is 263 g/mol. The van der Waals surface area contributed by atoms with Crippen LogP contribution in [0.5, 0.6) is 0 Å². The molecule has 1 heterocycles. The van der Waals surface area contributed by atoms with Crippen molar-refractivity contribution in [1.29, 1.82) is 0 Å². The number of anilines is 1. The number of carbonyl (C=O) groups is 1. The van der Waals surface area contributed by atoms with Crippen LogP contribution in [0.3, 0.4) is 0 Å². The Kier molecular flexibility index (Phi) is 4.10. The molecule has 1 amide bonds. The molecular formula is C14H14FNOS. The zero-order chi connectivity index (χ0) is 13.0. The van der Waals surface area contributed by atoms with E-state index in [1.807, 2.05) is 24.4 Å². The lowest BCUT2D eigenvalue weighted by atomic mass is 10.2. The van der Waals surface area contributed by atoms with Crippen LogP contribution in [-0.2, 0) is 11.2 Å². The predicted octanol–water partition coefficient (Wildman–Crippen LogP) is 3.77. The molecule has 0 saturated heterocycles. The fourth-order valence-corrected chi connectivity index (χ4v) is 2.35. The molecule has 0 aliphatic heterocycles. The number of amides is 1. The molecular weight excluding hydrogens is 249 g/mol. The van der Waals surface area contributed by atoms with Crippen molar-refractivity contribution >= 4 is 22.9 Å². The highest BCUT2D eigenvalue weighted by Crippen LogP contribution is 2.16. The van der Waals surface area contributed by atoms with E-state index in [1.54, 1.807) is 23.5 Å². The first-order chi connectivity index (χ1) is 8.65. The van der Waals surface area contributed by atoms with Crippen molar-refractivity contribution < 1.29 is 9.18 Å². The second kappa shape index (κ2) is 5.78. The zero-order valence-corrected chi connectivity index (χ0v) is 10.9. The maximum absolute atomic E-state index is 13.4. The van der Waals surface area contributed by atoms with Gasteiger partial charge in [-0.05, 0) is 42.5 Å². The molecule has 0 spiro atoms. The normalized spacial score (nSPS) is 10.3. The van der Waals surface area contributed by atoms with Crippen LogP contribution in [0.2, 0.25) is 0 Å². The van der Waals surface area contributed by atoms with Gasteiger partial charge in [0, 0.05) is 11.3 Å². The Balaban J connectivity index is 1.92. The molecule has 1 aromatic carbocycles. The van der Waals surface area contributed by atoms with E-state index in [9.17, 15) is 9.18 Å². The molecule has 0 unspecified atom stereocenters. The summed E-state index contributed by atoms with van der Waals surface area (Å²) in [5.74, 6) is -0.557. The fraction of sp³-hybridized carbons (Fsp3) is 0.214. The van der Waals surface area contributed by atoms with Crippen molar-refractivity contribution in [1.82, 2.24) is 0 Å². The van der Waals surface area contributed by atoms with E-state index >= 15 is 0 Å². The molecule has 0 fully saturated rings. The lowest BCUT2D eigenvalue weighted by Gasteiger charge is -2.06. The van der Waals surface area contributed by atoms with E-state index in [-0.39, 0.29) is 11.6 Å². The molecule has 0 aliphatic rings. The maximum atomic E-state index is 13.4. The number of halogens is 1. The largest absolute Gasteiger partial charge is 0.324 e. The summed E-state index contributed by atoms with van der Waals surface area (Å²) in [5.41, 5.74) is 1.18. The quantitative estimate of drug-likeness (QED) is 0.894. The van der Waals surface area contributed by atoms with Crippen LogP contribution in [0.25, 0.3) is 0 Å². The van der Waals surface area contributed by atoms with E-state index < -0.39 is 5.82 Å². The SMILES string of the molecule is Cc1ccc(F)c(NC(=O)CCc2cccs2)c1. The van der Waals surface area contributed by atoms with Gasteiger partial charge in [0.2, 0.25) is 5.91 Å². The Morgan fingerprint density at radius 2 is 2.22 bits per heavy atom. The molecule has 0 saturated carbocycles. The molecule has 2 rings (SSSR count). The zero-order valence-electron chi connectivity index (χ0n) is 10.1. The van der Waals surface area contributed by atoms with Crippen LogP contribution in [0.4, 0.5) is 10.1 Å². The number of nitrogens with one attached hydrogen (secondary N) is 1. The first kappa shape index (κ1) is 12.8. The van der Waals surface area contributed by atoms with Gasteiger partial charge in [0.25, 0.3) is 0 Å². The third kappa shape index (κ3) is 3.40. The second-order valence-electron chi connectivity index (χ2n) is 4.11. The summed E-state index contributed by atoms with van der Waals surface area (Å²) in [6.45, 7) is 1.86. The third-order valence-electron chi connectivity index (χ3n) is 2.57. The van der Waals surface area contributed by atoms with E-state index in [4.69, 9.17) is 0 Å². The molecule has 1 aromatic heterocycles. The van der Waals surface area contributed by atoms with Crippen LogP contribution >= 0.6 is 11.3 Å². The van der Waals surface area contributed by atoms with Crippen molar-refractivity contribution in [3.05, 3.63) is 52.0 Å². The van der Waals surface area contributed by atoms with Gasteiger partial charge in [-0.2, -0.15) is 0 Å². The number of thiophene rings is 1. The smallest absolute Gasteiger partial charge is 0.224 e. The van der Waals surface area contributed by atoms with Crippen molar-refractivity contribution in [3.8, 4) is 0 Å². The van der Waals surface area contributed by atoms with Crippen molar-refractivity contribution in [2.24, 2.45) is 0 Å². The van der Waals surface area contributed by atoms with Gasteiger partial charge >= 0.3 is 0 Å². The lowest BCUT2D eigenvalue weighted by Crippen LogP contribution is -2.13. The molecule has 0 atom stereocenters. The van der Waals surface area contributed by atoms with Crippen molar-refractivity contribution in [2.75, 3.05) is 5.32 Å². The van der Waals surface area contributed by atoms with Gasteiger partial charge < -0.3 is 5.32 Å². The van der Waals surface area contributed by atoms with E-state index in [2.05, 4.69) is 5.32 Å². The Bertz CT molecular complexity index is 537. The molecule has 0 bridgehead atoms. The minimum absolute atomic E-state index is 0.159. The Labute approximate surface area is 109 Å². The lowest BCUT2D eigenvalue weighted by molar-refractivity contribution is -0.116. The molecule has 0 aliphatic carbocycles. The molecule has 18 heavy (non-hydrogen) atoms. The second-order valence-corrected chi connectivity index (χ2v) is 5.14. The van der Waals surface area contributed by atoms with Crippen molar-refractivity contribution in [2.45, 2.75) is 19.8 Å². The fourth-order valence-electron chi connectivity index (χ4n) is 1.64. The van der Waals surface area contributed by atoms with E-state index in [1.165, 1.54) is 6.07 Å². The first-order valence-corrected chi connectivity index (χ1v) is 6.61. The van der Waals surface area contributed by atoms with Gasteiger partial charge in [-0.15, -0.1) is 11.3 Å². The minimum Gasteiger partial charge on any atom is -0.324 e. The molecule has 94 valence electrons. The summed E-state index contributed by atoms with van der Waals surface area (Å²) >= 11 is 1.62. The standard InChI is InChI=1S/C14H14FNOS/c1-10-4-6-12(15)13(9-10)16-14(17)7-5-11-3-2-8-18-11/h2-4,6,8-9H,5,7H2,1H3,(H,16,17). The molecule has 2 nitrogen and oxygen atoms in total. The predicted molar refractivity (Wildman–Crippen MR) is 72.4 cm³/mol. The molecule has 1 N–H and O–H groups in total. The maximum Gasteiger partial charge on any atom is 0.224 e.